The molecule has 0 radical (unpaired) electrons. The second kappa shape index (κ2) is 13.2. The maximum atomic E-state index is 16.7. The number of nitrogens with one attached hydrogen (secondary N) is 1. The van der Waals surface area contributed by atoms with Crippen LogP contribution < -0.4 is 14.5 Å². The number of alkyl halides is 2. The number of aliphatic hydroxyl groups excluding tert-OH is 1. The number of aromatic nitrogens is 4. The molecule has 2 aromatic carbocycles. The second-order valence-corrected chi connectivity index (χ2v) is 16.6. The molecule has 3 heterocycles. The van der Waals surface area contributed by atoms with Crippen molar-refractivity contribution in [2.24, 2.45) is 5.41 Å². The van der Waals surface area contributed by atoms with E-state index in [1.54, 1.807) is 38.1 Å². The van der Waals surface area contributed by atoms with Crippen LogP contribution in [0.25, 0.3) is 21.9 Å². The van der Waals surface area contributed by atoms with Crippen molar-refractivity contribution in [1.82, 2.24) is 24.6 Å². The summed E-state index contributed by atoms with van der Waals surface area (Å²) in [6.45, 7) is 5.18. The van der Waals surface area contributed by atoms with Gasteiger partial charge < -0.3 is 28.5 Å². The quantitative estimate of drug-likeness (QED) is 0.150. The lowest BCUT2D eigenvalue weighted by molar-refractivity contribution is -0.202. The number of benzene rings is 2. The van der Waals surface area contributed by atoms with Crippen LogP contribution in [0.4, 0.5) is 14.6 Å². The number of aryl methyl sites for hydroxylation is 1. The van der Waals surface area contributed by atoms with E-state index in [4.69, 9.17) is 30.3 Å². The molecule has 1 saturated heterocycles. The van der Waals surface area contributed by atoms with Gasteiger partial charge in [0.15, 0.2) is 35.0 Å². The fourth-order valence-corrected chi connectivity index (χ4v) is 7.62. The summed E-state index contributed by atoms with van der Waals surface area (Å²) in [5, 5.41) is 15.5. The third kappa shape index (κ3) is 7.31. The molecule has 1 aliphatic rings. The molecule has 0 amide bonds. The van der Waals surface area contributed by atoms with E-state index >= 15 is 8.78 Å². The Labute approximate surface area is 283 Å². The van der Waals surface area contributed by atoms with Gasteiger partial charge in [-0.05, 0) is 49.4 Å². The minimum atomic E-state index is -3.84. The Hall–Kier alpha value is -3.33. The second-order valence-electron chi connectivity index (χ2n) is 13.5. The molecule has 0 aliphatic carbocycles. The zero-order valence-corrected chi connectivity index (χ0v) is 29.8. The van der Waals surface area contributed by atoms with Crippen molar-refractivity contribution < 1.29 is 37.2 Å². The molecule has 0 saturated carbocycles. The highest BCUT2D eigenvalue weighted by atomic mass is 32.5. The molecule has 2 aromatic heterocycles. The van der Waals surface area contributed by atoms with Crippen LogP contribution in [0.3, 0.4) is 0 Å². The topological polar surface area (TPSA) is 133 Å². The Morgan fingerprint density at radius 2 is 1.90 bits per heavy atom. The van der Waals surface area contributed by atoms with Gasteiger partial charge in [0.2, 0.25) is 0 Å². The summed E-state index contributed by atoms with van der Waals surface area (Å²) in [5.74, 6) is -2.59. The average molecular weight is 707 g/mol. The highest BCUT2D eigenvalue weighted by Crippen LogP contribution is 2.53. The van der Waals surface area contributed by atoms with E-state index in [1.807, 2.05) is 51.1 Å². The van der Waals surface area contributed by atoms with Crippen molar-refractivity contribution in [1.29, 1.82) is 0 Å². The number of esters is 1. The lowest BCUT2D eigenvalue weighted by atomic mass is 9.97. The summed E-state index contributed by atoms with van der Waals surface area (Å²) < 4.78 is 57.5. The number of carbonyl (C=O) groups is 1. The van der Waals surface area contributed by atoms with Crippen molar-refractivity contribution >= 4 is 52.2 Å². The summed E-state index contributed by atoms with van der Waals surface area (Å²) >= 11 is 5.82. The van der Waals surface area contributed by atoms with Crippen LogP contribution in [0.15, 0.2) is 48.8 Å². The van der Waals surface area contributed by atoms with Crippen molar-refractivity contribution in [2.45, 2.75) is 71.4 Å². The molecule has 0 spiro atoms. The molecule has 260 valence electrons. The maximum absolute atomic E-state index is 16.7. The average Bonchev–Trinajstić information content (AvgIpc) is 3.50. The van der Waals surface area contributed by atoms with E-state index < -0.39 is 49.1 Å². The van der Waals surface area contributed by atoms with Gasteiger partial charge in [0.25, 0.3) is 5.85 Å². The van der Waals surface area contributed by atoms with E-state index in [1.165, 1.54) is 17.8 Å². The maximum Gasteiger partial charge on any atom is 0.323 e. The van der Waals surface area contributed by atoms with Crippen molar-refractivity contribution in [3.05, 3.63) is 54.6 Å². The van der Waals surface area contributed by atoms with Gasteiger partial charge in [-0.1, -0.05) is 57.2 Å². The van der Waals surface area contributed by atoms with Crippen LogP contribution in [0, 0.1) is 12.3 Å². The van der Waals surface area contributed by atoms with Crippen LogP contribution in [0.2, 0.25) is 0 Å². The Balaban J connectivity index is 1.45. The Kier molecular flexibility index (Phi) is 9.88. The zero-order chi connectivity index (χ0) is 35.2. The third-order valence-corrected chi connectivity index (χ3v) is 10.1. The van der Waals surface area contributed by atoms with Gasteiger partial charge in [-0.2, -0.15) is 0 Å². The highest BCUT2D eigenvalue weighted by molar-refractivity contribution is 8.09. The highest BCUT2D eigenvalue weighted by Gasteiger charge is 2.65. The van der Waals surface area contributed by atoms with Crippen molar-refractivity contribution in [3.8, 4) is 5.75 Å². The lowest BCUT2D eigenvalue weighted by Gasteiger charge is -2.30. The molecule has 1 fully saturated rings. The van der Waals surface area contributed by atoms with Gasteiger partial charge in [-0.3, -0.25) is 9.36 Å². The molecule has 5 rings (SSSR count). The number of fused-ring (bicyclic) bond motifs is 2. The number of anilines is 1. The van der Waals surface area contributed by atoms with Gasteiger partial charge in [-0.25, -0.2) is 28.8 Å². The van der Waals surface area contributed by atoms with E-state index in [0.29, 0.717) is 28.3 Å². The number of imidazole rings is 1. The normalized spacial score (nSPS) is 24.8. The van der Waals surface area contributed by atoms with Crippen molar-refractivity contribution in [2.75, 3.05) is 32.2 Å². The number of carbonyl (C=O) groups excluding carboxylic acids is 1. The predicted molar refractivity (Wildman–Crippen MR) is 182 cm³/mol. The van der Waals surface area contributed by atoms with Crippen LogP contribution in [-0.4, -0.2) is 81.6 Å². The van der Waals surface area contributed by atoms with Crippen LogP contribution in [-0.2, 0) is 30.6 Å². The number of nitrogens with zero attached hydrogens (tertiary/aromatic N) is 5. The first kappa shape index (κ1) is 36.0. The zero-order valence-electron chi connectivity index (χ0n) is 28.1. The summed E-state index contributed by atoms with van der Waals surface area (Å²) in [7, 11) is 3.53. The summed E-state index contributed by atoms with van der Waals surface area (Å²) in [6.07, 6.45) is -2.78. The number of hydrogen-bond donors (Lipinski definition) is 2. The van der Waals surface area contributed by atoms with Crippen LogP contribution >= 0.6 is 6.64 Å². The minimum absolute atomic E-state index is 0.138. The first-order valence-corrected chi connectivity index (χ1v) is 18.0. The van der Waals surface area contributed by atoms with E-state index in [2.05, 4.69) is 20.0 Å². The number of ether oxygens (including phenoxy) is 2. The standard InChI is InChI=1S/C32H41F2N6O6PS/c1-19(27(41)43-16-30(3,4)5)38-47(48,46-23-15-11-13-21-12-9-10-14-22(21)23)44-17-32(34)28(42)31(6,33)29(45-32)40-18-35-24-25(39(7)8)36-20(2)37-26(24)40/h9-15,18-19,28-29,42H,16-17H2,1-8H3,(H,38,48)/t19-,28+,29-,31-,32-,47?/m1/s1. The fraction of sp³-hybridized carbons (Fsp3) is 0.500. The van der Waals surface area contributed by atoms with Gasteiger partial charge in [-0.15, -0.1) is 0 Å². The monoisotopic (exact) mass is 706 g/mol. The van der Waals surface area contributed by atoms with Gasteiger partial charge >= 0.3 is 12.6 Å². The molecular weight excluding hydrogens is 665 g/mol. The molecule has 48 heavy (non-hydrogen) atoms. The molecule has 2 N–H and O–H groups in total. The smallest absolute Gasteiger partial charge is 0.323 e. The predicted octanol–water partition coefficient (Wildman–Crippen LogP) is 5.53. The van der Waals surface area contributed by atoms with Gasteiger partial charge in [0.1, 0.15) is 24.2 Å². The molecule has 0 bridgehead atoms. The van der Waals surface area contributed by atoms with E-state index in [-0.39, 0.29) is 17.7 Å². The first-order chi connectivity index (χ1) is 22.3. The molecule has 6 atom stereocenters. The lowest BCUT2D eigenvalue weighted by Crippen LogP contribution is -2.47. The Morgan fingerprint density at radius 3 is 2.58 bits per heavy atom. The molecule has 1 aliphatic heterocycles. The molecule has 4 aromatic rings. The molecule has 16 heteroatoms. The summed E-state index contributed by atoms with van der Waals surface area (Å²) in [4.78, 5) is 27.8. The number of halogens is 2. The molecule has 12 nitrogen and oxygen atoms in total. The molecular formula is C32H41F2N6O6PS. The first-order valence-electron chi connectivity index (χ1n) is 15.3. The van der Waals surface area contributed by atoms with Gasteiger partial charge in [0.05, 0.1) is 12.9 Å². The SMILES string of the molecule is Cc1nc(N(C)C)c2ncn([C@@H]3O[C@](F)(COP(=S)(N[C@H](C)C(=O)OCC(C)(C)C)Oc4cccc5ccccc45)[C@@H](O)[C@@]3(C)F)c2n1. The third-order valence-electron chi connectivity index (χ3n) is 7.68. The summed E-state index contributed by atoms with van der Waals surface area (Å²) in [6, 6.07) is 11.6. The van der Waals surface area contributed by atoms with Crippen LogP contribution in [0.1, 0.15) is 46.7 Å². The van der Waals surface area contributed by atoms with Gasteiger partial charge in [0, 0.05) is 19.5 Å². The van der Waals surface area contributed by atoms with E-state index in [9.17, 15) is 9.90 Å². The van der Waals surface area contributed by atoms with Crippen LogP contribution in [0.5, 0.6) is 5.75 Å². The summed E-state index contributed by atoms with van der Waals surface area (Å²) in [5.41, 5.74) is -2.45. The van der Waals surface area contributed by atoms with E-state index in [0.717, 1.165) is 12.3 Å². The molecule has 1 unspecified atom stereocenters. The fourth-order valence-electron chi connectivity index (χ4n) is 5.22. The largest absolute Gasteiger partial charge is 0.464 e. The van der Waals surface area contributed by atoms with Crippen molar-refractivity contribution in [3.63, 3.8) is 0 Å². The number of hydrogen-bond acceptors (Lipinski definition) is 11. The number of rotatable bonds is 11. The number of aliphatic hydroxyl groups is 1. The minimum Gasteiger partial charge on any atom is -0.464 e. The Bertz CT molecular complexity index is 1860. The Morgan fingerprint density at radius 1 is 1.21 bits per heavy atom.